The van der Waals surface area contributed by atoms with E-state index in [9.17, 15) is 28.4 Å². The van der Waals surface area contributed by atoms with Gasteiger partial charge in [0.25, 0.3) is 15.7 Å². The summed E-state index contributed by atoms with van der Waals surface area (Å²) in [6.45, 7) is 3.03. The third-order valence-corrected chi connectivity index (χ3v) is 6.38. The lowest BCUT2D eigenvalue weighted by Gasteiger charge is -2.12. The molecule has 0 saturated carbocycles. The molecule has 2 N–H and O–H groups in total. The van der Waals surface area contributed by atoms with Crippen LogP contribution in [0.2, 0.25) is 0 Å². The predicted molar refractivity (Wildman–Crippen MR) is 114 cm³/mol. The summed E-state index contributed by atoms with van der Waals surface area (Å²) in [4.78, 5) is 22.0. The first-order chi connectivity index (χ1) is 14.6. The number of nitro groups is 1. The molecule has 10 heteroatoms. The van der Waals surface area contributed by atoms with Gasteiger partial charge in [-0.2, -0.15) is 0 Å². The standard InChI is InChI=1S/C21H16N2O7S/c1-11-7-8-13(9-18(11)23(26)27)31(28,29)22-17-10-16-19(21(24)25)12(2)30-20(16)15-6-4-3-5-14(15)17/h3-10,22H,1-2H3,(H,24,25). The molecule has 0 amide bonds. The Kier molecular flexibility index (Phi) is 4.66. The topological polar surface area (TPSA) is 140 Å². The van der Waals surface area contributed by atoms with Crippen molar-refractivity contribution in [1.82, 2.24) is 0 Å². The fraction of sp³-hybridized carbons (Fsp3) is 0.0952. The molecule has 0 unspecified atom stereocenters. The minimum atomic E-state index is -4.20. The van der Waals surface area contributed by atoms with Crippen molar-refractivity contribution in [3.63, 3.8) is 0 Å². The fourth-order valence-corrected chi connectivity index (χ4v) is 4.64. The number of sulfonamides is 1. The minimum Gasteiger partial charge on any atom is -0.478 e. The highest BCUT2D eigenvalue weighted by Gasteiger charge is 2.24. The molecule has 0 aliphatic carbocycles. The highest BCUT2D eigenvalue weighted by Crippen LogP contribution is 2.37. The van der Waals surface area contributed by atoms with Gasteiger partial charge in [-0.25, -0.2) is 13.2 Å². The summed E-state index contributed by atoms with van der Waals surface area (Å²) in [6, 6.07) is 11.8. The van der Waals surface area contributed by atoms with Crippen LogP contribution in [0.15, 0.2) is 57.8 Å². The molecular formula is C21H16N2O7S. The summed E-state index contributed by atoms with van der Waals surface area (Å²) in [7, 11) is -4.20. The molecule has 0 spiro atoms. The SMILES string of the molecule is Cc1ccc(S(=O)(=O)Nc2cc3c(C(=O)O)c(C)oc3c3ccccc23)cc1[N+](=O)[O-]. The number of carboxylic acid groups (broad SMARTS) is 1. The molecule has 31 heavy (non-hydrogen) atoms. The van der Waals surface area contributed by atoms with Gasteiger partial charge in [-0.05, 0) is 26.0 Å². The molecule has 0 saturated heterocycles. The van der Waals surface area contributed by atoms with Crippen molar-refractivity contribution < 1.29 is 27.7 Å². The number of furan rings is 1. The number of hydrogen-bond donors (Lipinski definition) is 2. The van der Waals surface area contributed by atoms with E-state index in [1.54, 1.807) is 24.3 Å². The molecule has 0 aliphatic rings. The number of hydrogen-bond acceptors (Lipinski definition) is 6. The van der Waals surface area contributed by atoms with E-state index in [-0.39, 0.29) is 33.0 Å². The second-order valence-electron chi connectivity index (χ2n) is 7.00. The van der Waals surface area contributed by atoms with Crippen LogP contribution in [0.3, 0.4) is 0 Å². The summed E-state index contributed by atoms with van der Waals surface area (Å²) in [5.74, 6) is -1.00. The Morgan fingerprint density at radius 3 is 2.39 bits per heavy atom. The maximum atomic E-state index is 13.0. The van der Waals surface area contributed by atoms with Crippen LogP contribution < -0.4 is 4.72 Å². The van der Waals surface area contributed by atoms with E-state index in [4.69, 9.17) is 4.42 Å². The Balaban J connectivity index is 1.93. The van der Waals surface area contributed by atoms with E-state index < -0.39 is 20.9 Å². The van der Waals surface area contributed by atoms with E-state index in [0.717, 1.165) is 6.07 Å². The van der Waals surface area contributed by atoms with Gasteiger partial charge in [0, 0.05) is 27.8 Å². The van der Waals surface area contributed by atoms with Crippen LogP contribution in [0.4, 0.5) is 11.4 Å². The first kappa shape index (κ1) is 20.4. The van der Waals surface area contributed by atoms with Gasteiger partial charge in [0.05, 0.1) is 15.5 Å². The molecule has 0 aliphatic heterocycles. The van der Waals surface area contributed by atoms with Gasteiger partial charge < -0.3 is 9.52 Å². The van der Waals surface area contributed by atoms with E-state index in [1.807, 2.05) is 0 Å². The molecule has 0 bridgehead atoms. The third kappa shape index (κ3) is 3.36. The summed E-state index contributed by atoms with van der Waals surface area (Å²) in [5, 5.41) is 22.0. The van der Waals surface area contributed by atoms with Crippen LogP contribution in [0.5, 0.6) is 0 Å². The Morgan fingerprint density at radius 1 is 1.06 bits per heavy atom. The van der Waals surface area contributed by atoms with Gasteiger partial charge in [-0.3, -0.25) is 14.8 Å². The number of carbonyl (C=O) groups is 1. The van der Waals surface area contributed by atoms with Crippen molar-refractivity contribution in [3.8, 4) is 0 Å². The molecular weight excluding hydrogens is 424 g/mol. The van der Waals surface area contributed by atoms with Crippen molar-refractivity contribution in [3.05, 3.63) is 75.5 Å². The lowest BCUT2D eigenvalue weighted by molar-refractivity contribution is -0.385. The average Bonchev–Trinajstić information content (AvgIpc) is 3.04. The zero-order valence-corrected chi connectivity index (χ0v) is 17.2. The third-order valence-electron chi connectivity index (χ3n) is 5.02. The number of aryl methyl sites for hydroxylation is 2. The molecule has 4 aromatic rings. The lowest BCUT2D eigenvalue weighted by atomic mass is 10.0. The van der Waals surface area contributed by atoms with Gasteiger partial charge >= 0.3 is 5.97 Å². The first-order valence-electron chi connectivity index (χ1n) is 9.06. The summed E-state index contributed by atoms with van der Waals surface area (Å²) in [5.41, 5.74) is 0.416. The maximum absolute atomic E-state index is 13.0. The average molecular weight is 440 g/mol. The fourth-order valence-electron chi connectivity index (χ4n) is 3.55. The van der Waals surface area contributed by atoms with E-state index in [2.05, 4.69) is 4.72 Å². The normalized spacial score (nSPS) is 11.7. The number of fused-ring (bicyclic) bond motifs is 3. The smallest absolute Gasteiger partial charge is 0.339 e. The molecule has 1 heterocycles. The number of carboxylic acids is 1. The molecule has 4 rings (SSSR count). The molecule has 1 aromatic heterocycles. The number of benzene rings is 3. The number of aromatic carboxylic acids is 1. The monoisotopic (exact) mass is 440 g/mol. The number of rotatable bonds is 5. The van der Waals surface area contributed by atoms with E-state index in [1.165, 1.54) is 32.0 Å². The summed E-state index contributed by atoms with van der Waals surface area (Å²) >= 11 is 0. The van der Waals surface area contributed by atoms with Crippen molar-refractivity contribution in [1.29, 1.82) is 0 Å². The van der Waals surface area contributed by atoms with Crippen LogP contribution in [-0.4, -0.2) is 24.4 Å². The number of nitro benzene ring substituents is 1. The summed E-state index contributed by atoms with van der Waals surface area (Å²) in [6.07, 6.45) is 0. The van der Waals surface area contributed by atoms with Crippen LogP contribution in [-0.2, 0) is 10.0 Å². The molecule has 158 valence electrons. The van der Waals surface area contributed by atoms with Crippen molar-refractivity contribution in [2.45, 2.75) is 18.7 Å². The first-order valence-corrected chi connectivity index (χ1v) is 10.5. The highest BCUT2D eigenvalue weighted by atomic mass is 32.2. The Labute approximate surface area is 176 Å². The van der Waals surface area contributed by atoms with Crippen LogP contribution >= 0.6 is 0 Å². The van der Waals surface area contributed by atoms with Crippen molar-refractivity contribution in [2.75, 3.05) is 4.72 Å². The van der Waals surface area contributed by atoms with Gasteiger partial charge in [0.2, 0.25) is 0 Å². The zero-order valence-electron chi connectivity index (χ0n) is 16.4. The Morgan fingerprint density at radius 2 is 1.74 bits per heavy atom. The number of nitrogens with zero attached hydrogens (tertiary/aromatic N) is 1. The minimum absolute atomic E-state index is 0.0628. The lowest BCUT2D eigenvalue weighted by Crippen LogP contribution is -2.14. The highest BCUT2D eigenvalue weighted by molar-refractivity contribution is 7.92. The maximum Gasteiger partial charge on any atom is 0.339 e. The van der Waals surface area contributed by atoms with Gasteiger partial charge in [-0.15, -0.1) is 0 Å². The Bertz CT molecular complexity index is 1500. The predicted octanol–water partition coefficient (Wildman–Crippen LogP) is 4.61. The molecule has 0 atom stereocenters. The quantitative estimate of drug-likeness (QED) is 0.341. The largest absolute Gasteiger partial charge is 0.478 e. The summed E-state index contributed by atoms with van der Waals surface area (Å²) < 4.78 is 34.1. The van der Waals surface area contributed by atoms with Gasteiger partial charge in [0.15, 0.2) is 0 Å². The van der Waals surface area contributed by atoms with Gasteiger partial charge in [0.1, 0.15) is 16.9 Å². The molecule has 9 nitrogen and oxygen atoms in total. The second kappa shape index (κ2) is 7.10. The van der Waals surface area contributed by atoms with Crippen LogP contribution in [0.25, 0.3) is 21.7 Å². The zero-order chi connectivity index (χ0) is 22.5. The Hall–Kier alpha value is -3.92. The van der Waals surface area contributed by atoms with Crippen molar-refractivity contribution in [2.24, 2.45) is 0 Å². The molecule has 0 radical (unpaired) electrons. The van der Waals surface area contributed by atoms with E-state index >= 15 is 0 Å². The van der Waals surface area contributed by atoms with Crippen LogP contribution in [0.1, 0.15) is 21.7 Å². The number of nitrogens with one attached hydrogen (secondary N) is 1. The second-order valence-corrected chi connectivity index (χ2v) is 8.68. The van der Waals surface area contributed by atoms with Crippen molar-refractivity contribution >= 4 is 49.1 Å². The van der Waals surface area contributed by atoms with Crippen LogP contribution in [0, 0.1) is 24.0 Å². The van der Waals surface area contributed by atoms with E-state index in [0.29, 0.717) is 21.9 Å². The molecule has 0 fully saturated rings. The van der Waals surface area contributed by atoms with Gasteiger partial charge in [-0.1, -0.05) is 30.3 Å². The number of anilines is 1. The molecule has 3 aromatic carbocycles.